The number of nitrogens with one attached hydrogen (secondary N) is 1. The minimum atomic E-state index is -0.0178. The summed E-state index contributed by atoms with van der Waals surface area (Å²) in [5.41, 5.74) is 2.38. The Morgan fingerprint density at radius 2 is 2.27 bits per heavy atom. The van der Waals surface area contributed by atoms with Crippen LogP contribution in [0.5, 0.6) is 0 Å². The van der Waals surface area contributed by atoms with Gasteiger partial charge in [-0.15, -0.1) is 0 Å². The third-order valence-electron chi connectivity index (χ3n) is 2.98. The molecule has 0 bridgehead atoms. The largest absolute Gasteiger partial charge is 0.350 e. The van der Waals surface area contributed by atoms with Gasteiger partial charge in [-0.3, -0.25) is 9.59 Å². The fourth-order valence-corrected chi connectivity index (χ4v) is 2.33. The van der Waals surface area contributed by atoms with Gasteiger partial charge in [0.15, 0.2) is 5.78 Å². The molecular formula is C12H15NO2. The van der Waals surface area contributed by atoms with Gasteiger partial charge in [0.1, 0.15) is 0 Å². The zero-order valence-electron chi connectivity index (χ0n) is 8.88. The summed E-state index contributed by atoms with van der Waals surface area (Å²) in [5, 5.41) is 2.92. The lowest BCUT2D eigenvalue weighted by Gasteiger charge is -2.29. The third-order valence-corrected chi connectivity index (χ3v) is 2.98. The van der Waals surface area contributed by atoms with Crippen molar-refractivity contribution in [2.45, 2.75) is 38.6 Å². The molecule has 0 spiro atoms. The van der Waals surface area contributed by atoms with Crippen molar-refractivity contribution in [2.24, 2.45) is 0 Å². The molecule has 1 N–H and O–H groups in total. The average Bonchev–Trinajstić information content (AvgIpc) is 2.18. The van der Waals surface area contributed by atoms with Crippen molar-refractivity contribution in [3.8, 4) is 0 Å². The van der Waals surface area contributed by atoms with E-state index in [9.17, 15) is 9.59 Å². The maximum absolute atomic E-state index is 11.3. The maximum Gasteiger partial charge on any atom is 0.217 e. The van der Waals surface area contributed by atoms with Crippen LogP contribution >= 0.6 is 0 Å². The van der Waals surface area contributed by atoms with Gasteiger partial charge in [0.25, 0.3) is 0 Å². The quantitative estimate of drug-likeness (QED) is 0.705. The van der Waals surface area contributed by atoms with Crippen molar-refractivity contribution in [2.75, 3.05) is 0 Å². The van der Waals surface area contributed by atoms with Crippen LogP contribution in [0.15, 0.2) is 23.3 Å². The van der Waals surface area contributed by atoms with Crippen molar-refractivity contribution in [3.05, 3.63) is 23.3 Å². The summed E-state index contributed by atoms with van der Waals surface area (Å²) in [7, 11) is 0. The van der Waals surface area contributed by atoms with Gasteiger partial charge in [0.05, 0.1) is 6.04 Å². The summed E-state index contributed by atoms with van der Waals surface area (Å²) < 4.78 is 0. The van der Waals surface area contributed by atoms with Gasteiger partial charge in [-0.25, -0.2) is 0 Å². The Kier molecular flexibility index (Phi) is 2.71. The lowest BCUT2D eigenvalue weighted by molar-refractivity contribution is -0.120. The first-order valence-corrected chi connectivity index (χ1v) is 5.37. The molecule has 0 aromatic carbocycles. The number of hydrogen-bond donors (Lipinski definition) is 1. The van der Waals surface area contributed by atoms with Crippen LogP contribution in [0.1, 0.15) is 32.6 Å². The number of hydrogen-bond acceptors (Lipinski definition) is 2. The molecule has 0 aliphatic heterocycles. The van der Waals surface area contributed by atoms with Gasteiger partial charge in [-0.1, -0.05) is 6.08 Å². The molecule has 15 heavy (non-hydrogen) atoms. The van der Waals surface area contributed by atoms with E-state index in [1.54, 1.807) is 6.08 Å². The van der Waals surface area contributed by atoms with Crippen LogP contribution in [0.25, 0.3) is 0 Å². The highest BCUT2D eigenvalue weighted by Gasteiger charge is 2.25. The molecule has 2 rings (SSSR count). The Morgan fingerprint density at radius 1 is 1.47 bits per heavy atom. The first kappa shape index (κ1) is 10.1. The Morgan fingerprint density at radius 3 is 3.00 bits per heavy atom. The van der Waals surface area contributed by atoms with E-state index in [2.05, 4.69) is 5.32 Å². The molecule has 0 radical (unpaired) electrons. The lowest BCUT2D eigenvalue weighted by Crippen LogP contribution is -2.37. The standard InChI is InChI=1S/C12H15NO2/c1-8(14)13-12-4-2-3-9-5-6-10(15)7-11(9)12/h5-6,12H,2-4,7H2,1H3,(H,13,14)/t12-/m0/s1. The molecule has 1 amide bonds. The van der Waals surface area contributed by atoms with E-state index in [0.717, 1.165) is 24.8 Å². The van der Waals surface area contributed by atoms with E-state index in [-0.39, 0.29) is 17.7 Å². The fraction of sp³-hybridized carbons (Fsp3) is 0.500. The molecule has 0 unspecified atom stereocenters. The molecule has 0 aromatic rings. The Balaban J connectivity index is 2.22. The van der Waals surface area contributed by atoms with Gasteiger partial charge < -0.3 is 5.32 Å². The van der Waals surface area contributed by atoms with E-state index in [1.807, 2.05) is 6.08 Å². The Hall–Kier alpha value is -1.38. The molecule has 2 aliphatic carbocycles. The molecule has 80 valence electrons. The van der Waals surface area contributed by atoms with Gasteiger partial charge in [-0.05, 0) is 36.5 Å². The molecule has 0 saturated heterocycles. The van der Waals surface area contributed by atoms with Crippen molar-refractivity contribution >= 4 is 11.7 Å². The van der Waals surface area contributed by atoms with E-state index in [0.29, 0.717) is 6.42 Å². The number of allylic oxidation sites excluding steroid dienone is 3. The van der Waals surface area contributed by atoms with Gasteiger partial charge >= 0.3 is 0 Å². The first-order chi connectivity index (χ1) is 7.16. The number of carbonyl (C=O) groups excluding carboxylic acids is 2. The van der Waals surface area contributed by atoms with E-state index in [4.69, 9.17) is 0 Å². The SMILES string of the molecule is CC(=O)N[C@H]1CCCC2=C1CC(=O)C=C2. The second kappa shape index (κ2) is 4.01. The zero-order chi connectivity index (χ0) is 10.8. The summed E-state index contributed by atoms with van der Waals surface area (Å²) >= 11 is 0. The van der Waals surface area contributed by atoms with Crippen LogP contribution in [0.2, 0.25) is 0 Å². The van der Waals surface area contributed by atoms with Gasteiger partial charge in [0.2, 0.25) is 5.91 Å². The van der Waals surface area contributed by atoms with E-state index >= 15 is 0 Å². The molecule has 0 aromatic heterocycles. The maximum atomic E-state index is 11.3. The van der Waals surface area contributed by atoms with E-state index < -0.39 is 0 Å². The second-order valence-corrected chi connectivity index (χ2v) is 4.17. The number of ketones is 1. The number of amides is 1. The summed E-state index contributed by atoms with van der Waals surface area (Å²) in [4.78, 5) is 22.3. The molecule has 1 atom stereocenters. The van der Waals surface area contributed by atoms with E-state index in [1.165, 1.54) is 12.5 Å². The molecule has 3 heteroatoms. The molecular weight excluding hydrogens is 190 g/mol. The minimum absolute atomic E-state index is 0.0178. The normalized spacial score (nSPS) is 25.1. The highest BCUT2D eigenvalue weighted by molar-refractivity contribution is 5.94. The smallest absolute Gasteiger partial charge is 0.217 e. The van der Waals surface area contributed by atoms with Gasteiger partial charge in [-0.2, -0.15) is 0 Å². The predicted octanol–water partition coefficient (Wildman–Crippen LogP) is 1.50. The number of carbonyl (C=O) groups is 2. The van der Waals surface area contributed by atoms with Gasteiger partial charge in [0, 0.05) is 13.3 Å². The monoisotopic (exact) mass is 205 g/mol. The molecule has 0 fully saturated rings. The van der Waals surface area contributed by atoms with Crippen molar-refractivity contribution in [1.82, 2.24) is 5.32 Å². The molecule has 0 saturated carbocycles. The highest BCUT2D eigenvalue weighted by atomic mass is 16.1. The lowest BCUT2D eigenvalue weighted by atomic mass is 9.82. The van der Waals surface area contributed by atoms with Crippen LogP contribution in [0, 0.1) is 0 Å². The average molecular weight is 205 g/mol. The fourth-order valence-electron chi connectivity index (χ4n) is 2.33. The zero-order valence-corrected chi connectivity index (χ0v) is 8.88. The van der Waals surface area contributed by atoms with Crippen LogP contribution in [0.3, 0.4) is 0 Å². The highest BCUT2D eigenvalue weighted by Crippen LogP contribution is 2.31. The van der Waals surface area contributed by atoms with Crippen molar-refractivity contribution < 1.29 is 9.59 Å². The summed E-state index contributed by atoms with van der Waals surface area (Å²) in [6, 6.07) is 0.0835. The summed E-state index contributed by atoms with van der Waals surface area (Å²) in [5.74, 6) is 0.127. The van der Waals surface area contributed by atoms with Crippen LogP contribution in [0.4, 0.5) is 0 Å². The molecule has 3 nitrogen and oxygen atoms in total. The predicted molar refractivity (Wildman–Crippen MR) is 57.2 cm³/mol. The topological polar surface area (TPSA) is 46.2 Å². The summed E-state index contributed by atoms with van der Waals surface area (Å²) in [6.45, 7) is 1.52. The van der Waals surface area contributed by atoms with Crippen molar-refractivity contribution in [3.63, 3.8) is 0 Å². The second-order valence-electron chi connectivity index (χ2n) is 4.17. The first-order valence-electron chi connectivity index (χ1n) is 5.37. The molecule has 0 heterocycles. The Bertz CT molecular complexity index is 366. The van der Waals surface area contributed by atoms with Crippen LogP contribution in [-0.4, -0.2) is 17.7 Å². The van der Waals surface area contributed by atoms with Crippen molar-refractivity contribution in [1.29, 1.82) is 0 Å². The van der Waals surface area contributed by atoms with Crippen LogP contribution in [-0.2, 0) is 9.59 Å². The number of rotatable bonds is 1. The third kappa shape index (κ3) is 2.17. The minimum Gasteiger partial charge on any atom is -0.350 e. The summed E-state index contributed by atoms with van der Waals surface area (Å²) in [6.07, 6.45) is 7.12. The Labute approximate surface area is 89.2 Å². The van der Waals surface area contributed by atoms with Crippen LogP contribution < -0.4 is 5.32 Å². The molecule has 2 aliphatic rings.